The molecule has 0 radical (unpaired) electrons. The van der Waals surface area contributed by atoms with Crippen LogP contribution in [0.15, 0.2) is 55.1 Å². The second kappa shape index (κ2) is 17.6. The quantitative estimate of drug-likeness (QED) is 0.179. The fourth-order valence-electron chi connectivity index (χ4n) is 5.83. The summed E-state index contributed by atoms with van der Waals surface area (Å²) in [6.07, 6.45) is 11.2. The third-order valence-electron chi connectivity index (χ3n) is 8.12. The first-order valence-corrected chi connectivity index (χ1v) is 16.6. The maximum atomic E-state index is 14.7. The van der Waals surface area contributed by atoms with Crippen LogP contribution in [0.3, 0.4) is 0 Å². The average Bonchev–Trinajstić information content (AvgIpc) is 3.00. The SMILES string of the molecule is C=Cc1cccc(C(C(=O)NC2CCCCC2)N(CCCCCCC)C(=O)C(Cc2ccc(O)cc2)NC(=O)OC(C)(C)C)c1. The van der Waals surface area contributed by atoms with Gasteiger partial charge in [-0.15, -0.1) is 0 Å². The fraction of sp³-hybridized carbons (Fsp3) is 0.541. The number of nitrogens with one attached hydrogen (secondary N) is 2. The molecule has 1 aliphatic carbocycles. The average molecular weight is 620 g/mol. The number of hydrogen-bond acceptors (Lipinski definition) is 5. The predicted octanol–water partition coefficient (Wildman–Crippen LogP) is 7.46. The monoisotopic (exact) mass is 619 g/mol. The van der Waals surface area contributed by atoms with Gasteiger partial charge in [0.2, 0.25) is 11.8 Å². The van der Waals surface area contributed by atoms with Crippen LogP contribution in [0, 0.1) is 0 Å². The summed E-state index contributed by atoms with van der Waals surface area (Å²) in [6, 6.07) is 12.3. The first kappa shape index (κ1) is 35.7. The van der Waals surface area contributed by atoms with Gasteiger partial charge in [0.15, 0.2) is 0 Å². The number of carbonyl (C=O) groups is 3. The second-order valence-corrected chi connectivity index (χ2v) is 13.1. The van der Waals surface area contributed by atoms with Gasteiger partial charge in [0.1, 0.15) is 23.4 Å². The number of phenols is 1. The molecule has 2 unspecified atom stereocenters. The maximum Gasteiger partial charge on any atom is 0.408 e. The zero-order valence-corrected chi connectivity index (χ0v) is 27.6. The third-order valence-corrected chi connectivity index (χ3v) is 8.12. The van der Waals surface area contributed by atoms with Crippen molar-refractivity contribution < 1.29 is 24.2 Å². The number of phenolic OH excluding ortho intramolecular Hbond substituents is 1. The van der Waals surface area contributed by atoms with Crippen LogP contribution in [-0.4, -0.2) is 52.1 Å². The topological polar surface area (TPSA) is 108 Å². The molecule has 0 saturated heterocycles. The minimum absolute atomic E-state index is 0.0607. The van der Waals surface area contributed by atoms with E-state index in [9.17, 15) is 19.5 Å². The lowest BCUT2D eigenvalue weighted by Crippen LogP contribution is -2.54. The van der Waals surface area contributed by atoms with E-state index in [0.29, 0.717) is 12.1 Å². The number of ether oxygens (including phenoxy) is 1. The number of hydrogen-bond donors (Lipinski definition) is 3. The van der Waals surface area contributed by atoms with E-state index in [2.05, 4.69) is 24.1 Å². The van der Waals surface area contributed by atoms with Crippen LogP contribution in [0.25, 0.3) is 6.08 Å². The van der Waals surface area contributed by atoms with Gasteiger partial charge in [-0.1, -0.05) is 94.9 Å². The van der Waals surface area contributed by atoms with Crippen molar-refractivity contribution in [1.82, 2.24) is 15.5 Å². The van der Waals surface area contributed by atoms with Gasteiger partial charge in [0.25, 0.3) is 0 Å². The molecule has 0 aromatic heterocycles. The Morgan fingerprint density at radius 1 is 1.02 bits per heavy atom. The van der Waals surface area contributed by atoms with Crippen molar-refractivity contribution >= 4 is 24.0 Å². The molecular formula is C37H53N3O5. The first-order valence-electron chi connectivity index (χ1n) is 16.6. The number of rotatable bonds is 15. The van der Waals surface area contributed by atoms with E-state index in [1.54, 1.807) is 56.0 Å². The van der Waals surface area contributed by atoms with Crippen LogP contribution in [0.1, 0.15) is 115 Å². The second-order valence-electron chi connectivity index (χ2n) is 13.1. The standard InChI is InChI=1S/C37H53N3O5/c1-6-8-9-10-14-24-40(33(29-17-15-16-27(7-2)25-29)34(42)38-30-18-12-11-13-19-30)35(43)32(39-36(44)45-37(3,4)5)26-28-20-22-31(41)23-21-28/h7,15-17,20-23,25,30,32-33,41H,2,6,8-14,18-19,24,26H2,1,3-5H3,(H,38,42)(H,39,44). The summed E-state index contributed by atoms with van der Waals surface area (Å²) in [4.78, 5) is 43.7. The summed E-state index contributed by atoms with van der Waals surface area (Å²) in [6.45, 7) is 11.7. The zero-order chi connectivity index (χ0) is 32.8. The van der Waals surface area contributed by atoms with Crippen LogP contribution in [0.2, 0.25) is 0 Å². The molecule has 0 bridgehead atoms. The normalized spacial score (nSPS) is 15.0. The smallest absolute Gasteiger partial charge is 0.408 e. The highest BCUT2D eigenvalue weighted by Gasteiger charge is 2.37. The largest absolute Gasteiger partial charge is 0.508 e. The number of alkyl carbamates (subject to hydrolysis) is 1. The molecule has 1 fully saturated rings. The summed E-state index contributed by atoms with van der Waals surface area (Å²) >= 11 is 0. The Balaban J connectivity index is 2.04. The predicted molar refractivity (Wildman–Crippen MR) is 180 cm³/mol. The Morgan fingerprint density at radius 3 is 2.36 bits per heavy atom. The van der Waals surface area contributed by atoms with Gasteiger partial charge in [0.05, 0.1) is 0 Å². The molecule has 0 aliphatic heterocycles. The van der Waals surface area contributed by atoms with Crippen LogP contribution >= 0.6 is 0 Å². The Hall–Kier alpha value is -3.81. The number of aromatic hydroxyl groups is 1. The summed E-state index contributed by atoms with van der Waals surface area (Å²) in [5.74, 6) is -0.472. The molecule has 246 valence electrons. The number of carbonyl (C=O) groups excluding carboxylic acids is 3. The molecule has 8 nitrogen and oxygen atoms in total. The molecule has 1 saturated carbocycles. The van der Waals surface area contributed by atoms with Crippen LogP contribution < -0.4 is 10.6 Å². The zero-order valence-electron chi connectivity index (χ0n) is 27.6. The van der Waals surface area contributed by atoms with Crippen LogP contribution in [0.5, 0.6) is 5.75 Å². The van der Waals surface area contributed by atoms with E-state index in [1.165, 1.54) is 0 Å². The Kier molecular flexibility index (Phi) is 14.0. The van der Waals surface area contributed by atoms with Crippen molar-refractivity contribution in [2.24, 2.45) is 0 Å². The Morgan fingerprint density at radius 2 is 1.71 bits per heavy atom. The number of nitrogens with zero attached hydrogens (tertiary/aromatic N) is 1. The van der Waals surface area contributed by atoms with E-state index in [4.69, 9.17) is 4.74 Å². The van der Waals surface area contributed by atoms with Gasteiger partial charge in [0, 0.05) is 19.0 Å². The van der Waals surface area contributed by atoms with Crippen molar-refractivity contribution in [2.45, 2.75) is 122 Å². The summed E-state index contributed by atoms with van der Waals surface area (Å²) in [7, 11) is 0. The lowest BCUT2D eigenvalue weighted by atomic mass is 9.94. The number of benzene rings is 2. The molecule has 0 heterocycles. The van der Waals surface area contributed by atoms with E-state index in [-0.39, 0.29) is 30.0 Å². The summed E-state index contributed by atoms with van der Waals surface area (Å²) < 4.78 is 5.55. The summed E-state index contributed by atoms with van der Waals surface area (Å²) in [5.41, 5.74) is 1.54. The molecule has 2 aromatic rings. The molecule has 1 aliphatic rings. The van der Waals surface area contributed by atoms with Gasteiger partial charge in [-0.05, 0) is 74.9 Å². The molecule has 8 heteroatoms. The lowest BCUT2D eigenvalue weighted by Gasteiger charge is -2.36. The minimum atomic E-state index is -1.01. The van der Waals surface area contributed by atoms with Gasteiger partial charge >= 0.3 is 6.09 Å². The van der Waals surface area contributed by atoms with E-state index in [1.807, 2.05) is 24.3 Å². The Labute approximate surface area is 269 Å². The molecule has 2 atom stereocenters. The van der Waals surface area contributed by atoms with Crippen LogP contribution in [-0.2, 0) is 20.7 Å². The fourth-order valence-corrected chi connectivity index (χ4v) is 5.83. The van der Waals surface area contributed by atoms with E-state index < -0.39 is 23.8 Å². The lowest BCUT2D eigenvalue weighted by molar-refractivity contribution is -0.143. The van der Waals surface area contributed by atoms with Gasteiger partial charge in [-0.3, -0.25) is 9.59 Å². The molecule has 3 amide bonds. The molecule has 3 rings (SSSR count). The van der Waals surface area contributed by atoms with Crippen molar-refractivity contribution in [3.05, 3.63) is 71.8 Å². The summed E-state index contributed by atoms with van der Waals surface area (Å²) in [5, 5.41) is 15.9. The molecule has 45 heavy (non-hydrogen) atoms. The first-order chi connectivity index (χ1) is 21.5. The van der Waals surface area contributed by atoms with Gasteiger partial charge < -0.3 is 25.4 Å². The highest BCUT2D eigenvalue weighted by Crippen LogP contribution is 2.27. The van der Waals surface area contributed by atoms with Crippen molar-refractivity contribution in [3.8, 4) is 5.75 Å². The van der Waals surface area contributed by atoms with Gasteiger partial charge in [-0.2, -0.15) is 0 Å². The highest BCUT2D eigenvalue weighted by atomic mass is 16.6. The van der Waals surface area contributed by atoms with E-state index in [0.717, 1.165) is 75.3 Å². The molecule has 2 aromatic carbocycles. The number of amides is 3. The van der Waals surface area contributed by atoms with E-state index >= 15 is 0 Å². The molecular weight excluding hydrogens is 566 g/mol. The third kappa shape index (κ3) is 11.9. The minimum Gasteiger partial charge on any atom is -0.508 e. The molecule has 3 N–H and O–H groups in total. The highest BCUT2D eigenvalue weighted by molar-refractivity contribution is 5.92. The van der Waals surface area contributed by atoms with Crippen molar-refractivity contribution in [3.63, 3.8) is 0 Å². The van der Waals surface area contributed by atoms with Gasteiger partial charge in [-0.25, -0.2) is 4.79 Å². The van der Waals surface area contributed by atoms with Crippen molar-refractivity contribution in [1.29, 1.82) is 0 Å². The van der Waals surface area contributed by atoms with Crippen LogP contribution in [0.4, 0.5) is 4.79 Å². The van der Waals surface area contributed by atoms with Crippen molar-refractivity contribution in [2.75, 3.05) is 6.54 Å². The maximum absolute atomic E-state index is 14.7. The number of unbranched alkanes of at least 4 members (excludes halogenated alkanes) is 4. The Bertz CT molecular complexity index is 1250. The molecule has 0 spiro atoms.